The molecule has 0 amide bonds. The molecule has 0 radical (unpaired) electrons. The highest BCUT2D eigenvalue weighted by Gasteiger charge is 2.25. The van der Waals surface area contributed by atoms with Crippen LogP contribution in [0.1, 0.15) is 47.2 Å². The van der Waals surface area contributed by atoms with Gasteiger partial charge in [0.15, 0.2) is 0 Å². The third kappa shape index (κ3) is 2.07. The molecule has 0 spiro atoms. The van der Waals surface area contributed by atoms with Crippen LogP contribution < -0.4 is 11.3 Å². The quantitative estimate of drug-likeness (QED) is 0.655. The second kappa shape index (κ2) is 5.18. The summed E-state index contributed by atoms with van der Waals surface area (Å²) < 4.78 is 0. The molecule has 94 valence electrons. The van der Waals surface area contributed by atoms with Crippen LogP contribution in [0.4, 0.5) is 0 Å². The van der Waals surface area contributed by atoms with Crippen molar-refractivity contribution in [3.05, 3.63) is 52.0 Å². The Bertz CT molecular complexity index is 506. The van der Waals surface area contributed by atoms with Crippen molar-refractivity contribution in [3.63, 3.8) is 0 Å². The van der Waals surface area contributed by atoms with Gasteiger partial charge in [0.05, 0.1) is 11.6 Å². The molecule has 1 fully saturated rings. The lowest BCUT2D eigenvalue weighted by Crippen LogP contribution is -2.29. The van der Waals surface area contributed by atoms with E-state index in [-0.39, 0.29) is 6.04 Å². The van der Waals surface area contributed by atoms with Crippen LogP contribution >= 0.6 is 11.3 Å². The number of benzene rings is 1. The van der Waals surface area contributed by atoms with E-state index < -0.39 is 0 Å². The van der Waals surface area contributed by atoms with Crippen LogP contribution in [0.3, 0.4) is 0 Å². The number of thiazole rings is 1. The second-order valence-corrected chi connectivity index (χ2v) is 5.68. The van der Waals surface area contributed by atoms with E-state index in [4.69, 9.17) is 5.84 Å². The maximum absolute atomic E-state index is 5.75. The lowest BCUT2D eigenvalue weighted by molar-refractivity contribution is 0.414. The van der Waals surface area contributed by atoms with E-state index in [2.05, 4.69) is 34.7 Å². The van der Waals surface area contributed by atoms with E-state index in [0.717, 1.165) is 0 Å². The molecule has 1 heterocycles. The summed E-state index contributed by atoms with van der Waals surface area (Å²) in [5.74, 6) is 6.47. The van der Waals surface area contributed by atoms with Crippen LogP contribution in [0.25, 0.3) is 0 Å². The van der Waals surface area contributed by atoms with Gasteiger partial charge in [0.1, 0.15) is 0 Å². The average molecular weight is 259 g/mol. The molecule has 1 unspecified atom stereocenters. The van der Waals surface area contributed by atoms with E-state index in [1.807, 2.05) is 11.7 Å². The maximum atomic E-state index is 5.75. The lowest BCUT2D eigenvalue weighted by atomic mass is 9.77. The van der Waals surface area contributed by atoms with Gasteiger partial charge in [0, 0.05) is 11.1 Å². The average Bonchev–Trinajstić information content (AvgIpc) is 2.84. The van der Waals surface area contributed by atoms with E-state index in [9.17, 15) is 0 Å². The lowest BCUT2D eigenvalue weighted by Gasteiger charge is -2.30. The smallest absolute Gasteiger partial charge is 0.0821 e. The van der Waals surface area contributed by atoms with Crippen molar-refractivity contribution in [3.8, 4) is 0 Å². The summed E-state index contributed by atoms with van der Waals surface area (Å²) in [6.45, 7) is 0. The molecule has 1 aliphatic rings. The Hall–Kier alpha value is -1.23. The Morgan fingerprint density at radius 3 is 2.78 bits per heavy atom. The molecule has 0 saturated heterocycles. The van der Waals surface area contributed by atoms with Gasteiger partial charge in [0.25, 0.3) is 0 Å². The Balaban J connectivity index is 1.99. The second-order valence-electron chi connectivity index (χ2n) is 4.76. The van der Waals surface area contributed by atoms with Gasteiger partial charge in [-0.25, -0.2) is 5.43 Å². The summed E-state index contributed by atoms with van der Waals surface area (Å²) in [7, 11) is 0. The van der Waals surface area contributed by atoms with Crippen molar-refractivity contribution in [2.24, 2.45) is 5.84 Å². The molecular weight excluding hydrogens is 242 g/mol. The van der Waals surface area contributed by atoms with Crippen molar-refractivity contribution in [2.45, 2.75) is 31.2 Å². The van der Waals surface area contributed by atoms with Gasteiger partial charge >= 0.3 is 0 Å². The summed E-state index contributed by atoms with van der Waals surface area (Å²) in [6, 6.07) is 8.69. The number of hydrogen-bond donors (Lipinski definition) is 2. The fourth-order valence-electron chi connectivity index (χ4n) is 2.56. The fourth-order valence-corrected chi connectivity index (χ4v) is 3.25. The number of nitrogens with zero attached hydrogens (tertiary/aromatic N) is 1. The first-order chi connectivity index (χ1) is 8.90. The molecule has 1 aromatic carbocycles. The zero-order valence-electron chi connectivity index (χ0n) is 10.2. The zero-order chi connectivity index (χ0) is 12.4. The number of aromatic nitrogens is 1. The van der Waals surface area contributed by atoms with Gasteiger partial charge in [-0.15, -0.1) is 11.3 Å². The Morgan fingerprint density at radius 2 is 2.17 bits per heavy atom. The molecule has 1 aromatic heterocycles. The van der Waals surface area contributed by atoms with Gasteiger partial charge in [-0.3, -0.25) is 10.8 Å². The van der Waals surface area contributed by atoms with Crippen LogP contribution in [-0.2, 0) is 0 Å². The number of hydrazine groups is 1. The van der Waals surface area contributed by atoms with Gasteiger partial charge in [-0.1, -0.05) is 30.7 Å². The molecular formula is C14H17N3S. The standard InChI is InChI=1S/C14H17N3S/c15-17-14(13-8-16-9-18-13)12-7-2-1-6-11(12)10-4-3-5-10/h1-2,6-10,14,17H,3-5,15H2. The summed E-state index contributed by atoms with van der Waals surface area (Å²) in [6.07, 6.45) is 5.85. The molecule has 1 saturated carbocycles. The first kappa shape index (κ1) is 11.8. The van der Waals surface area contributed by atoms with Crippen molar-refractivity contribution in [2.75, 3.05) is 0 Å². The molecule has 3 N–H and O–H groups in total. The Labute approximate surface area is 111 Å². The molecule has 3 rings (SSSR count). The van der Waals surface area contributed by atoms with Crippen LogP contribution in [0.5, 0.6) is 0 Å². The summed E-state index contributed by atoms with van der Waals surface area (Å²) in [5, 5.41) is 0. The van der Waals surface area contributed by atoms with Crippen molar-refractivity contribution >= 4 is 11.3 Å². The fraction of sp³-hybridized carbons (Fsp3) is 0.357. The van der Waals surface area contributed by atoms with E-state index >= 15 is 0 Å². The highest BCUT2D eigenvalue weighted by atomic mass is 32.1. The van der Waals surface area contributed by atoms with Crippen LogP contribution in [-0.4, -0.2) is 4.98 Å². The zero-order valence-corrected chi connectivity index (χ0v) is 11.0. The predicted molar refractivity (Wildman–Crippen MR) is 74.3 cm³/mol. The van der Waals surface area contributed by atoms with E-state index in [1.165, 1.54) is 35.3 Å². The Kier molecular flexibility index (Phi) is 3.41. The minimum absolute atomic E-state index is 0.0642. The largest absolute Gasteiger partial charge is 0.271 e. The third-order valence-corrected chi connectivity index (χ3v) is 4.60. The predicted octanol–water partition coefficient (Wildman–Crippen LogP) is 2.96. The number of hydrogen-bond acceptors (Lipinski definition) is 4. The minimum atomic E-state index is 0.0642. The molecule has 2 aromatic rings. The highest BCUT2D eigenvalue weighted by molar-refractivity contribution is 7.09. The summed E-state index contributed by atoms with van der Waals surface area (Å²) in [4.78, 5) is 5.32. The third-order valence-electron chi connectivity index (χ3n) is 3.75. The molecule has 18 heavy (non-hydrogen) atoms. The monoisotopic (exact) mass is 259 g/mol. The first-order valence-electron chi connectivity index (χ1n) is 6.33. The Morgan fingerprint density at radius 1 is 1.33 bits per heavy atom. The molecule has 0 bridgehead atoms. The van der Waals surface area contributed by atoms with Crippen LogP contribution in [0, 0.1) is 0 Å². The molecule has 3 nitrogen and oxygen atoms in total. The normalized spacial score (nSPS) is 17.4. The van der Waals surface area contributed by atoms with Gasteiger partial charge in [-0.2, -0.15) is 0 Å². The van der Waals surface area contributed by atoms with Gasteiger partial charge < -0.3 is 0 Å². The van der Waals surface area contributed by atoms with Crippen LogP contribution in [0.2, 0.25) is 0 Å². The van der Waals surface area contributed by atoms with Crippen molar-refractivity contribution in [1.82, 2.24) is 10.4 Å². The van der Waals surface area contributed by atoms with Crippen molar-refractivity contribution in [1.29, 1.82) is 0 Å². The number of nitrogens with two attached hydrogens (primary N) is 1. The summed E-state index contributed by atoms with van der Waals surface area (Å²) in [5.41, 5.74) is 7.53. The van der Waals surface area contributed by atoms with Gasteiger partial charge in [0.2, 0.25) is 0 Å². The molecule has 4 heteroatoms. The van der Waals surface area contributed by atoms with Gasteiger partial charge in [-0.05, 0) is 29.9 Å². The minimum Gasteiger partial charge on any atom is -0.271 e. The topological polar surface area (TPSA) is 50.9 Å². The molecule has 0 aliphatic heterocycles. The molecule has 1 aliphatic carbocycles. The first-order valence-corrected chi connectivity index (χ1v) is 7.21. The van der Waals surface area contributed by atoms with E-state index in [0.29, 0.717) is 5.92 Å². The highest BCUT2D eigenvalue weighted by Crippen LogP contribution is 2.40. The van der Waals surface area contributed by atoms with Crippen LogP contribution in [0.15, 0.2) is 36.0 Å². The maximum Gasteiger partial charge on any atom is 0.0821 e. The number of nitrogens with one attached hydrogen (secondary N) is 1. The summed E-state index contributed by atoms with van der Waals surface area (Å²) >= 11 is 1.64. The van der Waals surface area contributed by atoms with E-state index in [1.54, 1.807) is 11.3 Å². The van der Waals surface area contributed by atoms with Crippen molar-refractivity contribution < 1.29 is 0 Å². The number of rotatable bonds is 4. The molecule has 1 atom stereocenters. The SMILES string of the molecule is NNC(c1cncs1)c1ccccc1C1CCC1.